The van der Waals surface area contributed by atoms with Crippen molar-refractivity contribution in [3.8, 4) is 0 Å². The summed E-state index contributed by atoms with van der Waals surface area (Å²) in [6.07, 6.45) is 0.382. The lowest BCUT2D eigenvalue weighted by atomic mass is 10.0. The Kier molecular flexibility index (Phi) is 9.28. The summed E-state index contributed by atoms with van der Waals surface area (Å²) >= 11 is 5.87. The fourth-order valence-electron chi connectivity index (χ4n) is 3.53. The quantitative estimate of drug-likeness (QED) is 0.556. The monoisotopic (exact) mass is 507 g/mol. The van der Waals surface area contributed by atoms with Crippen molar-refractivity contribution in [1.82, 2.24) is 14.5 Å². The van der Waals surface area contributed by atoms with Crippen molar-refractivity contribution >= 4 is 33.4 Å². The molecule has 1 unspecified atom stereocenters. The van der Waals surface area contributed by atoms with E-state index in [0.717, 1.165) is 15.4 Å². The SMILES string of the molecule is CCC(C(=O)NC(C)(C)C)N(Cc1cccc(C)c1)C(=O)CN(C)S(=O)(=O)c1ccc(Cl)cc1. The molecule has 1 atom stereocenters. The van der Waals surface area contributed by atoms with Crippen LogP contribution in [0.1, 0.15) is 45.2 Å². The van der Waals surface area contributed by atoms with Crippen molar-refractivity contribution in [1.29, 1.82) is 0 Å². The molecule has 0 aliphatic carbocycles. The predicted octanol–water partition coefficient (Wildman–Crippen LogP) is 3.99. The van der Waals surface area contributed by atoms with E-state index in [1.165, 1.54) is 36.2 Å². The summed E-state index contributed by atoms with van der Waals surface area (Å²) in [4.78, 5) is 28.0. The Morgan fingerprint density at radius 3 is 2.24 bits per heavy atom. The topological polar surface area (TPSA) is 86.8 Å². The van der Waals surface area contributed by atoms with Crippen LogP contribution in [0, 0.1) is 6.92 Å². The maximum Gasteiger partial charge on any atom is 0.243 e. The lowest BCUT2D eigenvalue weighted by Gasteiger charge is -2.34. The third kappa shape index (κ3) is 7.55. The first kappa shape index (κ1) is 27.8. The highest BCUT2D eigenvalue weighted by Gasteiger charge is 2.33. The molecule has 0 heterocycles. The third-order valence-corrected chi connectivity index (χ3v) is 7.27. The van der Waals surface area contributed by atoms with E-state index in [9.17, 15) is 18.0 Å². The zero-order chi connectivity index (χ0) is 25.7. The highest BCUT2D eigenvalue weighted by molar-refractivity contribution is 7.89. The third-order valence-electron chi connectivity index (χ3n) is 5.20. The molecule has 0 saturated heterocycles. The van der Waals surface area contributed by atoms with Gasteiger partial charge in [0.25, 0.3) is 0 Å². The lowest BCUT2D eigenvalue weighted by molar-refractivity contribution is -0.142. The number of rotatable bonds is 9. The maximum absolute atomic E-state index is 13.5. The minimum Gasteiger partial charge on any atom is -0.350 e. The second-order valence-corrected chi connectivity index (χ2v) is 11.9. The fraction of sp³-hybridized carbons (Fsp3) is 0.440. The highest BCUT2D eigenvalue weighted by Crippen LogP contribution is 2.19. The number of nitrogens with one attached hydrogen (secondary N) is 1. The Labute approximate surface area is 208 Å². The van der Waals surface area contributed by atoms with Gasteiger partial charge in [-0.2, -0.15) is 4.31 Å². The summed E-state index contributed by atoms with van der Waals surface area (Å²) in [5.74, 6) is -0.739. The van der Waals surface area contributed by atoms with Crippen LogP contribution in [0.5, 0.6) is 0 Å². The molecule has 0 aliphatic heterocycles. The number of amides is 2. The molecule has 0 spiro atoms. The van der Waals surface area contributed by atoms with Gasteiger partial charge in [-0.15, -0.1) is 0 Å². The molecule has 2 aromatic rings. The average Bonchev–Trinajstić information content (AvgIpc) is 2.72. The minimum atomic E-state index is -3.92. The number of benzene rings is 2. The van der Waals surface area contributed by atoms with Gasteiger partial charge in [-0.25, -0.2) is 8.42 Å². The van der Waals surface area contributed by atoms with Crippen LogP contribution in [0.3, 0.4) is 0 Å². The number of nitrogens with zero attached hydrogens (tertiary/aromatic N) is 2. The molecular formula is C25H34ClN3O4S. The van der Waals surface area contributed by atoms with Crippen molar-refractivity contribution in [2.45, 2.75) is 64.1 Å². The van der Waals surface area contributed by atoms with Gasteiger partial charge in [-0.1, -0.05) is 48.4 Å². The summed E-state index contributed by atoms with van der Waals surface area (Å²) < 4.78 is 27.0. The van der Waals surface area contributed by atoms with E-state index in [0.29, 0.717) is 11.4 Å². The Morgan fingerprint density at radius 1 is 1.09 bits per heavy atom. The largest absolute Gasteiger partial charge is 0.350 e. The molecule has 0 saturated carbocycles. The molecule has 0 fully saturated rings. The van der Waals surface area contributed by atoms with Gasteiger partial charge in [-0.05, 0) is 63.9 Å². The fourth-order valence-corrected chi connectivity index (χ4v) is 4.78. The first-order valence-electron chi connectivity index (χ1n) is 11.1. The predicted molar refractivity (Wildman–Crippen MR) is 135 cm³/mol. The van der Waals surface area contributed by atoms with Crippen LogP contribution in [-0.4, -0.2) is 54.6 Å². The van der Waals surface area contributed by atoms with Crippen LogP contribution >= 0.6 is 11.6 Å². The van der Waals surface area contributed by atoms with Gasteiger partial charge in [0.2, 0.25) is 21.8 Å². The number of likely N-dealkylation sites (N-methyl/N-ethyl adjacent to an activating group) is 1. The molecule has 186 valence electrons. The van der Waals surface area contributed by atoms with Gasteiger partial charge in [0, 0.05) is 24.2 Å². The van der Waals surface area contributed by atoms with Crippen LogP contribution in [0.15, 0.2) is 53.4 Å². The van der Waals surface area contributed by atoms with E-state index >= 15 is 0 Å². The zero-order valence-electron chi connectivity index (χ0n) is 20.6. The summed E-state index contributed by atoms with van der Waals surface area (Å²) in [6, 6.07) is 12.7. The Morgan fingerprint density at radius 2 is 1.71 bits per heavy atom. The smallest absolute Gasteiger partial charge is 0.243 e. The Hall–Kier alpha value is -2.42. The summed E-state index contributed by atoms with van der Waals surface area (Å²) in [5, 5.41) is 3.35. The molecule has 34 heavy (non-hydrogen) atoms. The van der Waals surface area contributed by atoms with Crippen LogP contribution < -0.4 is 5.32 Å². The van der Waals surface area contributed by atoms with Gasteiger partial charge in [-0.3, -0.25) is 9.59 Å². The lowest BCUT2D eigenvalue weighted by Crippen LogP contribution is -2.55. The molecule has 2 amide bonds. The van der Waals surface area contributed by atoms with E-state index in [4.69, 9.17) is 11.6 Å². The van der Waals surface area contributed by atoms with E-state index in [-0.39, 0.29) is 17.3 Å². The molecule has 2 rings (SSSR count). The van der Waals surface area contributed by atoms with E-state index < -0.39 is 34.1 Å². The van der Waals surface area contributed by atoms with E-state index in [2.05, 4.69) is 5.32 Å². The average molecular weight is 508 g/mol. The Balaban J connectivity index is 2.35. The van der Waals surface area contributed by atoms with E-state index in [1.54, 1.807) is 0 Å². The number of sulfonamides is 1. The van der Waals surface area contributed by atoms with Crippen LogP contribution in [-0.2, 0) is 26.2 Å². The van der Waals surface area contributed by atoms with Crippen LogP contribution in [0.2, 0.25) is 5.02 Å². The molecule has 0 radical (unpaired) electrons. The molecular weight excluding hydrogens is 474 g/mol. The van der Waals surface area contributed by atoms with Crippen LogP contribution in [0.25, 0.3) is 0 Å². The number of halogens is 1. The van der Waals surface area contributed by atoms with Gasteiger partial charge in [0.05, 0.1) is 11.4 Å². The van der Waals surface area contributed by atoms with E-state index in [1.807, 2.05) is 58.9 Å². The number of hydrogen-bond donors (Lipinski definition) is 1. The van der Waals surface area contributed by atoms with Crippen molar-refractivity contribution in [2.75, 3.05) is 13.6 Å². The molecule has 7 nitrogen and oxygen atoms in total. The standard InChI is InChI=1S/C25H34ClN3O4S/c1-7-22(24(31)27-25(3,4)5)29(16-19-10-8-9-18(2)15-19)23(30)17-28(6)34(32,33)21-13-11-20(26)12-14-21/h8-15,22H,7,16-17H2,1-6H3,(H,27,31). The minimum absolute atomic E-state index is 0.0370. The summed E-state index contributed by atoms with van der Waals surface area (Å²) in [5.41, 5.74) is 1.41. The second-order valence-electron chi connectivity index (χ2n) is 9.39. The van der Waals surface area contributed by atoms with Gasteiger partial charge >= 0.3 is 0 Å². The molecule has 0 aromatic heterocycles. The first-order chi connectivity index (χ1) is 15.7. The molecule has 1 N–H and O–H groups in total. The van der Waals surface area contributed by atoms with Crippen molar-refractivity contribution in [2.24, 2.45) is 0 Å². The molecule has 0 aliphatic rings. The molecule has 9 heteroatoms. The number of aryl methyl sites for hydroxylation is 1. The molecule has 2 aromatic carbocycles. The van der Waals surface area contributed by atoms with Gasteiger partial charge < -0.3 is 10.2 Å². The number of carbonyl (C=O) groups is 2. The zero-order valence-corrected chi connectivity index (χ0v) is 22.2. The van der Waals surface area contributed by atoms with Gasteiger partial charge in [0.1, 0.15) is 6.04 Å². The van der Waals surface area contributed by atoms with Crippen molar-refractivity contribution < 1.29 is 18.0 Å². The maximum atomic E-state index is 13.5. The summed E-state index contributed by atoms with van der Waals surface area (Å²) in [7, 11) is -2.57. The summed E-state index contributed by atoms with van der Waals surface area (Å²) in [6.45, 7) is 9.18. The first-order valence-corrected chi connectivity index (χ1v) is 13.0. The molecule has 0 bridgehead atoms. The number of hydrogen-bond acceptors (Lipinski definition) is 4. The van der Waals surface area contributed by atoms with Crippen molar-refractivity contribution in [3.05, 3.63) is 64.7 Å². The highest BCUT2D eigenvalue weighted by atomic mass is 35.5. The second kappa shape index (κ2) is 11.3. The normalized spacial score (nSPS) is 12.9. The Bertz CT molecular complexity index is 1110. The van der Waals surface area contributed by atoms with Gasteiger partial charge in [0.15, 0.2) is 0 Å². The van der Waals surface area contributed by atoms with Crippen molar-refractivity contribution in [3.63, 3.8) is 0 Å². The van der Waals surface area contributed by atoms with Crippen LogP contribution in [0.4, 0.5) is 0 Å². The number of carbonyl (C=O) groups excluding carboxylic acids is 2.